The maximum Gasteiger partial charge on any atom is 0.178 e. The van der Waals surface area contributed by atoms with Gasteiger partial charge >= 0.3 is 0 Å². The van der Waals surface area contributed by atoms with Crippen LogP contribution in [0.4, 0.5) is 0 Å². The average Bonchev–Trinajstić information content (AvgIpc) is 2.74. The first kappa shape index (κ1) is 14.2. The molecule has 0 radical (unpaired) electrons. The van der Waals surface area contributed by atoms with Crippen LogP contribution in [0.2, 0.25) is 5.02 Å². The Bertz CT molecular complexity index is 658. The van der Waals surface area contributed by atoms with Crippen molar-refractivity contribution in [1.82, 2.24) is 9.55 Å². The van der Waals surface area contributed by atoms with Crippen molar-refractivity contribution in [3.8, 4) is 0 Å². The summed E-state index contributed by atoms with van der Waals surface area (Å²) < 4.78 is 2.99. The molecule has 4 heteroatoms. The summed E-state index contributed by atoms with van der Waals surface area (Å²) in [7, 11) is 0. The molecule has 2 aromatic rings. The lowest BCUT2D eigenvalue weighted by molar-refractivity contribution is 0.261. The molecule has 1 fully saturated rings. The molecule has 0 spiro atoms. The van der Waals surface area contributed by atoms with Gasteiger partial charge in [0.25, 0.3) is 0 Å². The molecule has 1 aromatic heterocycles. The molecule has 0 saturated heterocycles. The van der Waals surface area contributed by atoms with Gasteiger partial charge in [-0.05, 0) is 49.0 Å². The van der Waals surface area contributed by atoms with E-state index in [0.717, 1.165) is 39.2 Å². The Balaban J connectivity index is 1.79. The average molecular weight is 309 g/mol. The quantitative estimate of drug-likeness (QED) is 0.735. The van der Waals surface area contributed by atoms with Crippen LogP contribution in [0.15, 0.2) is 18.2 Å². The van der Waals surface area contributed by atoms with Gasteiger partial charge in [-0.3, -0.25) is 0 Å². The summed E-state index contributed by atoms with van der Waals surface area (Å²) in [5, 5.41) is 0.749. The molecule has 0 aliphatic heterocycles. The molecule has 1 N–H and O–H groups in total. The molecule has 0 bridgehead atoms. The maximum absolute atomic E-state index is 6.22. The molecule has 2 unspecified atom stereocenters. The number of nitrogens with zero attached hydrogens (tertiary/aromatic N) is 1. The zero-order valence-corrected chi connectivity index (χ0v) is 13.4. The van der Waals surface area contributed by atoms with E-state index in [9.17, 15) is 0 Å². The smallest absolute Gasteiger partial charge is 0.178 e. The van der Waals surface area contributed by atoms with E-state index in [1.807, 2.05) is 12.1 Å². The fourth-order valence-electron chi connectivity index (χ4n) is 3.50. The number of benzene rings is 1. The minimum atomic E-state index is 0.749. The van der Waals surface area contributed by atoms with Crippen LogP contribution in [0.1, 0.15) is 39.0 Å². The summed E-state index contributed by atoms with van der Waals surface area (Å²) in [6, 6.07) is 5.99. The SMILES string of the molecule is CC1CCCC(CCn2c(=S)[nH]c3c(Cl)cccc32)C1. The standard InChI is InChI=1S/C16H21ClN2S/c1-11-4-2-5-12(10-11)8-9-19-14-7-3-6-13(17)15(14)18-16(19)20/h3,6-7,11-12H,2,4-5,8-10H2,1H3,(H,18,20). The first-order valence-corrected chi connectivity index (χ1v) is 8.31. The third-order valence-corrected chi connectivity index (χ3v) is 5.20. The Morgan fingerprint density at radius 2 is 2.25 bits per heavy atom. The predicted molar refractivity (Wildman–Crippen MR) is 87.9 cm³/mol. The van der Waals surface area contributed by atoms with Crippen LogP contribution in [-0.4, -0.2) is 9.55 Å². The first-order chi connectivity index (χ1) is 9.65. The fraction of sp³-hybridized carbons (Fsp3) is 0.562. The van der Waals surface area contributed by atoms with E-state index in [4.69, 9.17) is 23.8 Å². The van der Waals surface area contributed by atoms with Gasteiger partial charge in [0.2, 0.25) is 0 Å². The van der Waals surface area contributed by atoms with Crippen molar-refractivity contribution in [2.24, 2.45) is 11.8 Å². The predicted octanol–water partition coefficient (Wildman–Crippen LogP) is 5.57. The van der Waals surface area contributed by atoms with Crippen molar-refractivity contribution in [2.75, 3.05) is 0 Å². The number of rotatable bonds is 3. The normalized spacial score (nSPS) is 23.3. The summed E-state index contributed by atoms with van der Waals surface area (Å²) in [6.07, 6.45) is 6.75. The lowest BCUT2D eigenvalue weighted by atomic mass is 9.81. The van der Waals surface area contributed by atoms with Crippen molar-refractivity contribution in [2.45, 2.75) is 45.6 Å². The molecule has 2 nitrogen and oxygen atoms in total. The van der Waals surface area contributed by atoms with E-state index < -0.39 is 0 Å². The van der Waals surface area contributed by atoms with Gasteiger partial charge in [0.05, 0.1) is 16.1 Å². The number of hydrogen-bond acceptors (Lipinski definition) is 1. The van der Waals surface area contributed by atoms with Gasteiger partial charge in [-0.15, -0.1) is 0 Å². The topological polar surface area (TPSA) is 20.7 Å². The zero-order valence-electron chi connectivity index (χ0n) is 11.9. The largest absolute Gasteiger partial charge is 0.329 e. The molecular weight excluding hydrogens is 288 g/mol. The lowest BCUT2D eigenvalue weighted by Gasteiger charge is -2.26. The van der Waals surface area contributed by atoms with Crippen LogP contribution in [0.3, 0.4) is 0 Å². The second kappa shape index (κ2) is 5.90. The van der Waals surface area contributed by atoms with Gasteiger partial charge in [-0.1, -0.05) is 43.9 Å². The third-order valence-electron chi connectivity index (χ3n) is 4.57. The summed E-state index contributed by atoms with van der Waals surface area (Å²) in [5.41, 5.74) is 2.10. The Hall–Kier alpha value is -0.800. The number of aryl methyl sites for hydroxylation is 1. The maximum atomic E-state index is 6.22. The monoisotopic (exact) mass is 308 g/mol. The molecule has 1 saturated carbocycles. The molecule has 2 atom stereocenters. The number of hydrogen-bond donors (Lipinski definition) is 1. The molecule has 108 valence electrons. The Kier molecular flexibility index (Phi) is 4.18. The van der Waals surface area contributed by atoms with E-state index in [-0.39, 0.29) is 0 Å². The van der Waals surface area contributed by atoms with E-state index >= 15 is 0 Å². The molecule has 3 rings (SSSR count). The van der Waals surface area contributed by atoms with Gasteiger partial charge in [-0.2, -0.15) is 0 Å². The van der Waals surface area contributed by atoms with Crippen molar-refractivity contribution < 1.29 is 0 Å². The molecular formula is C16H21ClN2S. The van der Waals surface area contributed by atoms with Crippen LogP contribution in [0.25, 0.3) is 11.0 Å². The summed E-state index contributed by atoms with van der Waals surface area (Å²) in [4.78, 5) is 3.24. The minimum absolute atomic E-state index is 0.749. The lowest BCUT2D eigenvalue weighted by Crippen LogP contribution is -2.15. The molecule has 0 amide bonds. The molecule has 1 aliphatic carbocycles. The number of imidazole rings is 1. The number of fused-ring (bicyclic) bond motifs is 1. The van der Waals surface area contributed by atoms with Gasteiger partial charge in [0.1, 0.15) is 0 Å². The molecule has 1 aromatic carbocycles. The highest BCUT2D eigenvalue weighted by molar-refractivity contribution is 7.71. The van der Waals surface area contributed by atoms with E-state index in [1.165, 1.54) is 32.1 Å². The second-order valence-corrected chi connectivity index (χ2v) is 6.94. The van der Waals surface area contributed by atoms with Gasteiger partial charge < -0.3 is 9.55 Å². The highest BCUT2D eigenvalue weighted by Gasteiger charge is 2.19. The minimum Gasteiger partial charge on any atom is -0.329 e. The summed E-state index contributed by atoms with van der Waals surface area (Å²) >= 11 is 11.7. The van der Waals surface area contributed by atoms with E-state index in [1.54, 1.807) is 0 Å². The Morgan fingerprint density at radius 3 is 3.05 bits per heavy atom. The number of para-hydroxylation sites is 1. The molecule has 1 aliphatic rings. The number of H-pyrrole nitrogens is 1. The number of halogens is 1. The van der Waals surface area contributed by atoms with Crippen LogP contribution < -0.4 is 0 Å². The van der Waals surface area contributed by atoms with Crippen LogP contribution in [-0.2, 0) is 6.54 Å². The van der Waals surface area contributed by atoms with Crippen LogP contribution in [0, 0.1) is 16.6 Å². The van der Waals surface area contributed by atoms with Crippen molar-refractivity contribution >= 4 is 34.9 Å². The van der Waals surface area contributed by atoms with E-state index in [0.29, 0.717) is 0 Å². The highest BCUT2D eigenvalue weighted by Crippen LogP contribution is 2.31. The zero-order chi connectivity index (χ0) is 14.1. The first-order valence-electron chi connectivity index (χ1n) is 7.52. The Morgan fingerprint density at radius 1 is 1.40 bits per heavy atom. The highest BCUT2D eigenvalue weighted by atomic mass is 35.5. The summed E-state index contributed by atoms with van der Waals surface area (Å²) in [6.45, 7) is 3.37. The van der Waals surface area contributed by atoms with Crippen molar-refractivity contribution in [1.29, 1.82) is 0 Å². The van der Waals surface area contributed by atoms with Gasteiger partial charge in [-0.25, -0.2) is 0 Å². The number of aromatic amines is 1. The van der Waals surface area contributed by atoms with Crippen LogP contribution >= 0.6 is 23.8 Å². The van der Waals surface area contributed by atoms with Gasteiger partial charge in [0.15, 0.2) is 4.77 Å². The summed E-state index contributed by atoms with van der Waals surface area (Å²) in [5.74, 6) is 1.74. The second-order valence-electron chi connectivity index (χ2n) is 6.14. The number of aromatic nitrogens is 2. The van der Waals surface area contributed by atoms with E-state index in [2.05, 4.69) is 22.5 Å². The van der Waals surface area contributed by atoms with Crippen LogP contribution in [0.5, 0.6) is 0 Å². The van der Waals surface area contributed by atoms with Crippen molar-refractivity contribution in [3.63, 3.8) is 0 Å². The van der Waals surface area contributed by atoms with Crippen molar-refractivity contribution in [3.05, 3.63) is 28.0 Å². The fourth-order valence-corrected chi connectivity index (χ4v) is 4.01. The molecule has 1 heterocycles. The third kappa shape index (κ3) is 2.79. The molecule has 20 heavy (non-hydrogen) atoms. The van der Waals surface area contributed by atoms with Gasteiger partial charge in [0, 0.05) is 6.54 Å². The Labute approximate surface area is 130 Å². The number of nitrogens with one attached hydrogen (secondary N) is 1.